The Hall–Kier alpha value is -0.750. The van der Waals surface area contributed by atoms with Crippen molar-refractivity contribution in [3.8, 4) is 11.4 Å². The molecule has 1 unspecified atom stereocenters. The summed E-state index contributed by atoms with van der Waals surface area (Å²) in [6.45, 7) is 1.03. The van der Waals surface area contributed by atoms with E-state index in [4.69, 9.17) is 27.7 Å². The second kappa shape index (κ2) is 6.35. The molecular formula is C13H13Cl2N3OS. The lowest BCUT2D eigenvalue weighted by Crippen LogP contribution is -2.38. The van der Waals surface area contributed by atoms with E-state index in [0.29, 0.717) is 27.8 Å². The highest BCUT2D eigenvalue weighted by Gasteiger charge is 2.17. The van der Waals surface area contributed by atoms with Crippen LogP contribution in [0.25, 0.3) is 11.4 Å². The maximum absolute atomic E-state index is 6.00. The van der Waals surface area contributed by atoms with Gasteiger partial charge in [0.1, 0.15) is 0 Å². The second-order valence-corrected chi connectivity index (χ2v) is 6.53. The van der Waals surface area contributed by atoms with Gasteiger partial charge in [-0.2, -0.15) is 16.7 Å². The molecule has 2 heterocycles. The maximum Gasteiger partial charge on any atom is 0.228 e. The molecule has 4 nitrogen and oxygen atoms in total. The molecule has 0 spiro atoms. The van der Waals surface area contributed by atoms with E-state index in [-0.39, 0.29) is 0 Å². The van der Waals surface area contributed by atoms with Crippen molar-refractivity contribution in [3.63, 3.8) is 0 Å². The Bertz CT molecular complexity index is 599. The number of hydrogen-bond acceptors (Lipinski definition) is 5. The lowest BCUT2D eigenvalue weighted by atomic mass is 10.2. The van der Waals surface area contributed by atoms with Crippen molar-refractivity contribution in [2.24, 2.45) is 0 Å². The zero-order valence-electron chi connectivity index (χ0n) is 10.6. The van der Waals surface area contributed by atoms with Crippen LogP contribution in [0, 0.1) is 0 Å². The van der Waals surface area contributed by atoms with Gasteiger partial charge in [0, 0.05) is 36.1 Å². The fourth-order valence-electron chi connectivity index (χ4n) is 2.05. The summed E-state index contributed by atoms with van der Waals surface area (Å²) in [6, 6.07) is 5.70. The number of nitrogens with one attached hydrogen (secondary N) is 1. The lowest BCUT2D eigenvalue weighted by Gasteiger charge is -2.21. The summed E-state index contributed by atoms with van der Waals surface area (Å²) >= 11 is 13.8. The van der Waals surface area contributed by atoms with E-state index in [1.165, 1.54) is 0 Å². The first-order chi connectivity index (χ1) is 9.72. The van der Waals surface area contributed by atoms with E-state index in [2.05, 4.69) is 15.5 Å². The summed E-state index contributed by atoms with van der Waals surface area (Å²) in [7, 11) is 0. The van der Waals surface area contributed by atoms with Gasteiger partial charge in [0.15, 0.2) is 0 Å². The Kier molecular flexibility index (Phi) is 4.51. The van der Waals surface area contributed by atoms with Crippen LogP contribution < -0.4 is 5.32 Å². The van der Waals surface area contributed by atoms with Crippen molar-refractivity contribution in [2.75, 3.05) is 18.1 Å². The van der Waals surface area contributed by atoms with Crippen LogP contribution in [0.4, 0.5) is 0 Å². The summed E-state index contributed by atoms with van der Waals surface area (Å²) in [5.74, 6) is 3.42. The van der Waals surface area contributed by atoms with Crippen molar-refractivity contribution in [1.82, 2.24) is 15.5 Å². The van der Waals surface area contributed by atoms with E-state index in [0.717, 1.165) is 30.0 Å². The van der Waals surface area contributed by atoms with Crippen molar-refractivity contribution >= 4 is 35.0 Å². The van der Waals surface area contributed by atoms with E-state index in [9.17, 15) is 0 Å². The van der Waals surface area contributed by atoms with Crippen molar-refractivity contribution in [3.05, 3.63) is 34.1 Å². The molecule has 106 valence electrons. The van der Waals surface area contributed by atoms with Gasteiger partial charge in [-0.15, -0.1) is 0 Å². The summed E-state index contributed by atoms with van der Waals surface area (Å²) in [6.07, 6.45) is 0.751. The predicted octanol–water partition coefficient (Wildman–Crippen LogP) is 3.29. The zero-order valence-corrected chi connectivity index (χ0v) is 12.9. The third-order valence-corrected chi connectivity index (χ3v) is 4.94. The van der Waals surface area contributed by atoms with Crippen LogP contribution in [0.1, 0.15) is 5.89 Å². The Morgan fingerprint density at radius 2 is 2.25 bits per heavy atom. The van der Waals surface area contributed by atoms with Gasteiger partial charge in [0.05, 0.1) is 10.0 Å². The van der Waals surface area contributed by atoms with Crippen LogP contribution in [-0.4, -0.2) is 34.2 Å². The molecule has 1 saturated heterocycles. The molecular weight excluding hydrogens is 317 g/mol. The minimum atomic E-state index is 0.399. The van der Waals surface area contributed by atoms with Crippen molar-refractivity contribution in [1.29, 1.82) is 0 Å². The quantitative estimate of drug-likeness (QED) is 0.936. The first-order valence-corrected chi connectivity index (χ1v) is 8.22. The maximum atomic E-state index is 6.00. The molecule has 1 atom stereocenters. The minimum absolute atomic E-state index is 0.399. The third-order valence-electron chi connectivity index (χ3n) is 3.07. The summed E-state index contributed by atoms with van der Waals surface area (Å²) in [5.41, 5.74) is 0.806. The molecule has 1 aliphatic rings. The number of rotatable bonds is 3. The fourth-order valence-corrected chi connectivity index (χ4v) is 3.30. The number of hydrogen-bond donors (Lipinski definition) is 1. The van der Waals surface area contributed by atoms with E-state index in [1.54, 1.807) is 12.1 Å². The molecule has 3 rings (SSSR count). The number of aromatic nitrogens is 2. The van der Waals surface area contributed by atoms with Gasteiger partial charge in [-0.1, -0.05) is 28.4 Å². The van der Waals surface area contributed by atoms with Crippen LogP contribution in [0.2, 0.25) is 10.0 Å². The van der Waals surface area contributed by atoms with Crippen molar-refractivity contribution in [2.45, 2.75) is 12.5 Å². The predicted molar refractivity (Wildman–Crippen MR) is 82.6 cm³/mol. The average Bonchev–Trinajstić information content (AvgIpc) is 2.91. The highest BCUT2D eigenvalue weighted by atomic mass is 35.5. The molecule has 1 aliphatic heterocycles. The third kappa shape index (κ3) is 3.28. The first-order valence-electron chi connectivity index (χ1n) is 6.31. The molecule has 2 aromatic rings. The number of halogens is 2. The van der Waals surface area contributed by atoms with Gasteiger partial charge in [0.2, 0.25) is 11.7 Å². The second-order valence-electron chi connectivity index (χ2n) is 4.57. The van der Waals surface area contributed by atoms with Crippen LogP contribution in [-0.2, 0) is 6.42 Å². The molecule has 1 fully saturated rings. The van der Waals surface area contributed by atoms with Gasteiger partial charge >= 0.3 is 0 Å². The van der Waals surface area contributed by atoms with Crippen LogP contribution in [0.15, 0.2) is 22.7 Å². The largest absolute Gasteiger partial charge is 0.339 e. The highest BCUT2D eigenvalue weighted by Crippen LogP contribution is 2.27. The fraction of sp³-hybridized carbons (Fsp3) is 0.385. The molecule has 0 amide bonds. The van der Waals surface area contributed by atoms with Gasteiger partial charge in [-0.25, -0.2) is 0 Å². The normalized spacial score (nSPS) is 19.2. The molecule has 20 heavy (non-hydrogen) atoms. The van der Waals surface area contributed by atoms with Crippen LogP contribution in [0.3, 0.4) is 0 Å². The SMILES string of the molecule is Clc1ccc(-c2noc(CC3CSCCN3)n2)cc1Cl. The highest BCUT2D eigenvalue weighted by molar-refractivity contribution is 7.99. The molecule has 1 aromatic heterocycles. The van der Waals surface area contributed by atoms with Gasteiger partial charge < -0.3 is 9.84 Å². The van der Waals surface area contributed by atoms with Crippen molar-refractivity contribution < 1.29 is 4.52 Å². The van der Waals surface area contributed by atoms with Crippen LogP contribution >= 0.6 is 35.0 Å². The smallest absolute Gasteiger partial charge is 0.228 e. The Labute approximate surface area is 131 Å². The minimum Gasteiger partial charge on any atom is -0.339 e. The summed E-state index contributed by atoms with van der Waals surface area (Å²) < 4.78 is 5.31. The van der Waals surface area contributed by atoms with E-state index < -0.39 is 0 Å². The van der Waals surface area contributed by atoms with Gasteiger partial charge in [0.25, 0.3) is 0 Å². The number of thioether (sulfide) groups is 1. The van der Waals surface area contributed by atoms with E-state index in [1.807, 2.05) is 17.8 Å². The molecule has 0 saturated carbocycles. The Balaban J connectivity index is 1.73. The molecule has 0 radical (unpaired) electrons. The molecule has 1 N–H and O–H groups in total. The molecule has 1 aromatic carbocycles. The number of nitrogens with zero attached hydrogens (tertiary/aromatic N) is 2. The molecule has 7 heteroatoms. The Morgan fingerprint density at radius 3 is 3.00 bits per heavy atom. The Morgan fingerprint density at radius 1 is 1.35 bits per heavy atom. The topological polar surface area (TPSA) is 51.0 Å². The van der Waals surface area contributed by atoms with E-state index >= 15 is 0 Å². The lowest BCUT2D eigenvalue weighted by molar-refractivity contribution is 0.363. The standard InChI is InChI=1S/C13H13Cl2N3OS/c14-10-2-1-8(5-11(10)15)13-17-12(19-18-13)6-9-7-20-4-3-16-9/h1-2,5,9,16H,3-4,6-7H2. The van der Waals surface area contributed by atoms with Gasteiger partial charge in [-0.3, -0.25) is 0 Å². The summed E-state index contributed by atoms with van der Waals surface area (Å²) in [5, 5.41) is 8.45. The zero-order chi connectivity index (χ0) is 13.9. The number of benzene rings is 1. The van der Waals surface area contributed by atoms with Crippen LogP contribution in [0.5, 0.6) is 0 Å². The molecule has 0 aliphatic carbocycles. The first kappa shape index (κ1) is 14.2. The summed E-state index contributed by atoms with van der Waals surface area (Å²) in [4.78, 5) is 4.42. The monoisotopic (exact) mass is 329 g/mol. The molecule has 0 bridgehead atoms. The average molecular weight is 330 g/mol. The van der Waals surface area contributed by atoms with Gasteiger partial charge in [-0.05, 0) is 18.2 Å².